The van der Waals surface area contributed by atoms with Crippen molar-refractivity contribution in [1.29, 1.82) is 5.26 Å². The predicted octanol–water partition coefficient (Wildman–Crippen LogP) is 3.22. The standard InChI is InChI=1S/C17H12N2O4/c18-11-14-6-1-2-7-15(14)12-23-17(20)10-9-13-5-3-4-8-16(13)19(21)22/h1-10H,12H2/b10-9+. The van der Waals surface area contributed by atoms with E-state index in [0.717, 1.165) is 6.08 Å². The number of rotatable bonds is 5. The lowest BCUT2D eigenvalue weighted by molar-refractivity contribution is -0.385. The van der Waals surface area contributed by atoms with E-state index in [1.54, 1.807) is 36.4 Å². The molecule has 0 unspecified atom stereocenters. The first-order chi connectivity index (χ1) is 11.1. The van der Waals surface area contributed by atoms with E-state index in [9.17, 15) is 14.9 Å². The van der Waals surface area contributed by atoms with E-state index in [2.05, 4.69) is 0 Å². The summed E-state index contributed by atoms with van der Waals surface area (Å²) in [4.78, 5) is 22.1. The van der Waals surface area contributed by atoms with Gasteiger partial charge in [0.25, 0.3) is 5.69 Å². The third-order valence-electron chi connectivity index (χ3n) is 3.04. The van der Waals surface area contributed by atoms with E-state index in [0.29, 0.717) is 16.7 Å². The van der Waals surface area contributed by atoms with Crippen molar-refractivity contribution in [3.05, 3.63) is 81.4 Å². The number of para-hydroxylation sites is 1. The van der Waals surface area contributed by atoms with Crippen LogP contribution in [-0.2, 0) is 16.1 Å². The molecule has 6 nitrogen and oxygen atoms in total. The zero-order chi connectivity index (χ0) is 16.7. The first-order valence-electron chi connectivity index (χ1n) is 6.68. The lowest BCUT2D eigenvalue weighted by atomic mass is 10.1. The molecule has 0 radical (unpaired) electrons. The summed E-state index contributed by atoms with van der Waals surface area (Å²) in [7, 11) is 0. The minimum absolute atomic E-state index is 0.0379. The molecule has 0 saturated heterocycles. The lowest BCUT2D eigenvalue weighted by Crippen LogP contribution is -2.02. The zero-order valence-electron chi connectivity index (χ0n) is 12.0. The number of nitrogens with zero attached hydrogens (tertiary/aromatic N) is 2. The van der Waals surface area contributed by atoms with Crippen molar-refractivity contribution in [3.63, 3.8) is 0 Å². The molecule has 0 amide bonds. The molecule has 0 aliphatic rings. The molecule has 0 aliphatic heterocycles. The van der Waals surface area contributed by atoms with Crippen molar-refractivity contribution in [2.75, 3.05) is 0 Å². The van der Waals surface area contributed by atoms with E-state index < -0.39 is 10.9 Å². The summed E-state index contributed by atoms with van der Waals surface area (Å²) in [5.41, 5.74) is 1.25. The molecule has 0 heterocycles. The Morgan fingerprint density at radius 3 is 2.65 bits per heavy atom. The molecule has 0 spiro atoms. The average Bonchev–Trinajstić information content (AvgIpc) is 2.58. The van der Waals surface area contributed by atoms with Crippen LogP contribution in [0.25, 0.3) is 6.08 Å². The van der Waals surface area contributed by atoms with Gasteiger partial charge in [0.1, 0.15) is 6.61 Å². The van der Waals surface area contributed by atoms with Crippen LogP contribution in [0.1, 0.15) is 16.7 Å². The van der Waals surface area contributed by atoms with Gasteiger partial charge >= 0.3 is 5.97 Å². The molecule has 0 aliphatic carbocycles. The zero-order valence-corrected chi connectivity index (χ0v) is 12.0. The van der Waals surface area contributed by atoms with Gasteiger partial charge in [-0.25, -0.2) is 4.79 Å². The summed E-state index contributed by atoms with van der Waals surface area (Å²) in [6, 6.07) is 14.9. The number of benzene rings is 2. The second-order valence-corrected chi connectivity index (χ2v) is 4.53. The number of carbonyl (C=O) groups excluding carboxylic acids is 1. The van der Waals surface area contributed by atoms with E-state index in [-0.39, 0.29) is 12.3 Å². The molecule has 0 N–H and O–H groups in total. The number of carbonyl (C=O) groups is 1. The van der Waals surface area contributed by atoms with Crippen LogP contribution >= 0.6 is 0 Å². The van der Waals surface area contributed by atoms with Crippen LogP contribution < -0.4 is 0 Å². The minimum atomic E-state index is -0.643. The van der Waals surface area contributed by atoms with Crippen LogP contribution in [0.4, 0.5) is 5.69 Å². The molecule has 0 saturated carbocycles. The minimum Gasteiger partial charge on any atom is -0.458 e. The van der Waals surface area contributed by atoms with Crippen molar-refractivity contribution in [1.82, 2.24) is 0 Å². The van der Waals surface area contributed by atoms with Crippen molar-refractivity contribution in [3.8, 4) is 6.07 Å². The molecular weight excluding hydrogens is 296 g/mol. The van der Waals surface area contributed by atoms with Gasteiger partial charge in [0.15, 0.2) is 0 Å². The van der Waals surface area contributed by atoms with E-state index in [4.69, 9.17) is 10.00 Å². The number of nitro benzene ring substituents is 1. The highest BCUT2D eigenvalue weighted by atomic mass is 16.6. The van der Waals surface area contributed by atoms with E-state index in [1.165, 1.54) is 18.2 Å². The highest BCUT2D eigenvalue weighted by Crippen LogP contribution is 2.19. The maximum Gasteiger partial charge on any atom is 0.331 e. The van der Waals surface area contributed by atoms with E-state index in [1.807, 2.05) is 6.07 Å². The van der Waals surface area contributed by atoms with Crippen molar-refractivity contribution in [2.45, 2.75) is 6.61 Å². The topological polar surface area (TPSA) is 93.2 Å². The van der Waals surface area contributed by atoms with Crippen LogP contribution in [0.5, 0.6) is 0 Å². The Hall–Kier alpha value is -3.46. The highest BCUT2D eigenvalue weighted by molar-refractivity contribution is 5.87. The molecular formula is C17H12N2O4. The van der Waals surface area contributed by atoms with Crippen LogP contribution in [0.2, 0.25) is 0 Å². The fourth-order valence-electron chi connectivity index (χ4n) is 1.90. The molecule has 0 aromatic heterocycles. The molecule has 114 valence electrons. The van der Waals surface area contributed by atoms with Gasteiger partial charge in [-0.3, -0.25) is 10.1 Å². The Balaban J connectivity index is 2.03. The number of nitro groups is 1. The fourth-order valence-corrected chi connectivity index (χ4v) is 1.90. The Labute approximate surface area is 132 Å². The molecule has 0 bridgehead atoms. The van der Waals surface area contributed by atoms with Crippen LogP contribution in [-0.4, -0.2) is 10.9 Å². The predicted molar refractivity (Wildman–Crippen MR) is 83.1 cm³/mol. The van der Waals surface area contributed by atoms with Crippen LogP contribution in [0.15, 0.2) is 54.6 Å². The Morgan fingerprint density at radius 1 is 1.22 bits per heavy atom. The van der Waals surface area contributed by atoms with Gasteiger partial charge in [0.05, 0.1) is 22.1 Å². The van der Waals surface area contributed by atoms with Crippen molar-refractivity contribution >= 4 is 17.7 Å². The van der Waals surface area contributed by atoms with Crippen molar-refractivity contribution in [2.24, 2.45) is 0 Å². The molecule has 0 fully saturated rings. The summed E-state index contributed by atoms with van der Waals surface area (Å²) in [6.07, 6.45) is 2.45. The normalized spacial score (nSPS) is 10.2. The maximum atomic E-state index is 11.7. The first kappa shape index (κ1) is 15.9. The summed E-state index contributed by atoms with van der Waals surface area (Å²) in [5.74, 6) is -0.643. The third kappa shape index (κ3) is 4.25. The summed E-state index contributed by atoms with van der Waals surface area (Å²) in [6.45, 7) is -0.0379. The maximum absolute atomic E-state index is 11.7. The van der Waals surface area contributed by atoms with Crippen LogP contribution in [0.3, 0.4) is 0 Å². The van der Waals surface area contributed by atoms with Gasteiger partial charge in [-0.2, -0.15) is 5.26 Å². The summed E-state index contributed by atoms with van der Waals surface area (Å²) >= 11 is 0. The molecule has 23 heavy (non-hydrogen) atoms. The molecule has 0 atom stereocenters. The van der Waals surface area contributed by atoms with Crippen LogP contribution in [0, 0.1) is 21.4 Å². The number of hydrogen-bond donors (Lipinski definition) is 0. The van der Waals surface area contributed by atoms with E-state index >= 15 is 0 Å². The molecule has 2 aromatic rings. The second-order valence-electron chi connectivity index (χ2n) is 4.53. The smallest absolute Gasteiger partial charge is 0.331 e. The number of hydrogen-bond acceptors (Lipinski definition) is 5. The Morgan fingerprint density at radius 2 is 1.91 bits per heavy atom. The number of ether oxygens (including phenoxy) is 1. The van der Waals surface area contributed by atoms with Gasteiger partial charge in [-0.05, 0) is 18.2 Å². The SMILES string of the molecule is N#Cc1ccccc1COC(=O)/C=C/c1ccccc1[N+](=O)[O-]. The van der Waals surface area contributed by atoms with Gasteiger partial charge in [-0.1, -0.05) is 30.3 Å². The molecule has 2 aromatic carbocycles. The number of esters is 1. The highest BCUT2D eigenvalue weighted by Gasteiger charge is 2.10. The summed E-state index contributed by atoms with van der Waals surface area (Å²) in [5, 5.41) is 19.8. The summed E-state index contributed by atoms with van der Waals surface area (Å²) < 4.78 is 5.05. The van der Waals surface area contributed by atoms with Crippen molar-refractivity contribution < 1.29 is 14.5 Å². The molecule has 2 rings (SSSR count). The van der Waals surface area contributed by atoms with Gasteiger partial charge in [0.2, 0.25) is 0 Å². The van der Waals surface area contributed by atoms with Gasteiger partial charge < -0.3 is 4.74 Å². The second kappa shape index (κ2) is 7.52. The van der Waals surface area contributed by atoms with Gasteiger partial charge in [0, 0.05) is 17.7 Å². The fraction of sp³-hybridized carbons (Fsp3) is 0.0588. The monoisotopic (exact) mass is 308 g/mol. The quantitative estimate of drug-likeness (QED) is 0.366. The lowest BCUT2D eigenvalue weighted by Gasteiger charge is -2.04. The Bertz CT molecular complexity index is 806. The largest absolute Gasteiger partial charge is 0.458 e. The third-order valence-corrected chi connectivity index (χ3v) is 3.04. The average molecular weight is 308 g/mol. The Kier molecular flexibility index (Phi) is 5.21. The number of nitriles is 1. The molecule has 6 heteroatoms. The van der Waals surface area contributed by atoms with Gasteiger partial charge in [-0.15, -0.1) is 0 Å². The first-order valence-corrected chi connectivity index (χ1v) is 6.68.